The van der Waals surface area contributed by atoms with Crippen LogP contribution in [0.2, 0.25) is 0 Å². The van der Waals surface area contributed by atoms with E-state index >= 15 is 0 Å². The molecule has 0 saturated carbocycles. The number of carbonyl (C=O) groups is 1. The van der Waals surface area contributed by atoms with Crippen molar-refractivity contribution in [2.24, 2.45) is 0 Å². The zero-order valence-corrected chi connectivity index (χ0v) is 17.1. The number of likely N-dealkylation sites (N-methyl/N-ethyl adjacent to an activating group) is 1. The van der Waals surface area contributed by atoms with Gasteiger partial charge in [0.05, 0.1) is 16.5 Å². The van der Waals surface area contributed by atoms with Crippen molar-refractivity contribution in [1.82, 2.24) is 20.2 Å². The summed E-state index contributed by atoms with van der Waals surface area (Å²) in [6.45, 7) is 9.76. The molecular formula is C20H25N5O2S. The topological polar surface area (TPSA) is 74.5 Å². The number of thiophene rings is 1. The summed E-state index contributed by atoms with van der Waals surface area (Å²) >= 11 is 1.44. The molecule has 0 radical (unpaired) electrons. The molecule has 4 heterocycles. The summed E-state index contributed by atoms with van der Waals surface area (Å²) in [7, 11) is 0. The summed E-state index contributed by atoms with van der Waals surface area (Å²) in [5.74, 6) is 1.76. The van der Waals surface area contributed by atoms with Crippen molar-refractivity contribution in [3.63, 3.8) is 0 Å². The first-order chi connectivity index (χ1) is 13.7. The molecule has 4 rings (SSSR count). The number of piperazine rings is 1. The van der Waals surface area contributed by atoms with Gasteiger partial charge in [-0.25, -0.2) is 9.97 Å². The van der Waals surface area contributed by atoms with Gasteiger partial charge < -0.3 is 19.5 Å². The molecule has 1 amide bonds. The Morgan fingerprint density at radius 2 is 2.11 bits per heavy atom. The highest BCUT2D eigenvalue weighted by Gasteiger charge is 2.24. The second-order valence-electron chi connectivity index (χ2n) is 6.94. The van der Waals surface area contributed by atoms with Gasteiger partial charge in [-0.15, -0.1) is 11.3 Å². The number of fused-ring (bicyclic) bond motifs is 1. The number of nitrogens with one attached hydrogen (secondary N) is 1. The molecule has 8 heteroatoms. The van der Waals surface area contributed by atoms with Crippen LogP contribution in [0.5, 0.6) is 0 Å². The average Bonchev–Trinajstić information content (AvgIpc) is 3.36. The minimum absolute atomic E-state index is 0.0613. The molecule has 0 spiro atoms. The smallest absolute Gasteiger partial charge is 0.261 e. The van der Waals surface area contributed by atoms with Crippen LogP contribution in [0.4, 0.5) is 5.82 Å². The fraction of sp³-hybridized carbons (Fsp3) is 0.450. The van der Waals surface area contributed by atoms with Gasteiger partial charge in [0.1, 0.15) is 22.7 Å². The number of nitrogens with zero attached hydrogens (tertiary/aromatic N) is 4. The van der Waals surface area contributed by atoms with Gasteiger partial charge in [0.25, 0.3) is 5.91 Å². The quantitative estimate of drug-likeness (QED) is 0.687. The Balaban J connectivity index is 1.52. The van der Waals surface area contributed by atoms with E-state index in [9.17, 15) is 4.79 Å². The largest absolute Gasteiger partial charge is 0.469 e. The first-order valence-electron chi connectivity index (χ1n) is 9.69. The maximum absolute atomic E-state index is 12.7. The fourth-order valence-electron chi connectivity index (χ4n) is 3.62. The Morgan fingerprint density at radius 1 is 1.29 bits per heavy atom. The predicted molar refractivity (Wildman–Crippen MR) is 111 cm³/mol. The number of aromatic nitrogens is 2. The van der Waals surface area contributed by atoms with Gasteiger partial charge >= 0.3 is 0 Å². The number of anilines is 1. The van der Waals surface area contributed by atoms with Gasteiger partial charge in [0.15, 0.2) is 0 Å². The zero-order chi connectivity index (χ0) is 19.5. The van der Waals surface area contributed by atoms with E-state index < -0.39 is 0 Å². The van der Waals surface area contributed by atoms with Crippen LogP contribution < -0.4 is 10.2 Å². The van der Waals surface area contributed by atoms with Crippen molar-refractivity contribution >= 4 is 33.3 Å². The van der Waals surface area contributed by atoms with E-state index in [2.05, 4.69) is 32.0 Å². The van der Waals surface area contributed by atoms with Crippen molar-refractivity contribution < 1.29 is 9.21 Å². The molecule has 1 fully saturated rings. The first kappa shape index (κ1) is 18.9. The Morgan fingerprint density at radius 3 is 2.82 bits per heavy atom. The molecule has 1 N–H and O–H groups in total. The van der Waals surface area contributed by atoms with Crippen LogP contribution in [-0.2, 0) is 6.42 Å². The second-order valence-corrected chi connectivity index (χ2v) is 7.94. The molecule has 28 heavy (non-hydrogen) atoms. The number of hydrogen-bond acceptors (Lipinski definition) is 7. The summed E-state index contributed by atoms with van der Waals surface area (Å²) in [5, 5.41) is 4.00. The van der Waals surface area contributed by atoms with Crippen molar-refractivity contribution in [3.05, 3.63) is 40.9 Å². The summed E-state index contributed by atoms with van der Waals surface area (Å²) < 4.78 is 5.32. The minimum Gasteiger partial charge on any atom is -0.469 e. The molecule has 0 bridgehead atoms. The van der Waals surface area contributed by atoms with E-state index in [0.717, 1.165) is 60.1 Å². The number of furan rings is 1. The van der Waals surface area contributed by atoms with Crippen LogP contribution >= 0.6 is 11.3 Å². The Hall–Kier alpha value is -2.45. The molecule has 7 nitrogen and oxygen atoms in total. The van der Waals surface area contributed by atoms with Crippen LogP contribution in [0, 0.1) is 6.92 Å². The Kier molecular flexibility index (Phi) is 5.59. The number of rotatable bonds is 6. The summed E-state index contributed by atoms with van der Waals surface area (Å²) in [5.41, 5.74) is 0.962. The van der Waals surface area contributed by atoms with Gasteiger partial charge in [0.2, 0.25) is 0 Å². The third-order valence-electron chi connectivity index (χ3n) is 5.27. The standard InChI is InChI=1S/C20H25N5O2S/c1-3-24-8-10-25(11-9-24)18-16-14(2)17(28-20(16)23-13-22-18)19(26)21-7-6-15-5-4-12-27-15/h4-5,12-13H,3,6-11H2,1-2H3,(H,21,26). The Labute approximate surface area is 168 Å². The lowest BCUT2D eigenvalue weighted by atomic mass is 10.1. The number of carbonyl (C=O) groups excluding carboxylic acids is 1. The van der Waals surface area contributed by atoms with E-state index in [-0.39, 0.29) is 5.91 Å². The maximum atomic E-state index is 12.7. The van der Waals surface area contributed by atoms with Gasteiger partial charge in [-0.3, -0.25) is 4.79 Å². The van der Waals surface area contributed by atoms with Gasteiger partial charge in [-0.05, 0) is 31.2 Å². The van der Waals surface area contributed by atoms with Crippen molar-refractivity contribution in [2.75, 3.05) is 44.2 Å². The summed E-state index contributed by atoms with van der Waals surface area (Å²) in [6, 6.07) is 3.77. The van der Waals surface area contributed by atoms with E-state index in [4.69, 9.17) is 4.42 Å². The lowest BCUT2D eigenvalue weighted by Gasteiger charge is -2.35. The lowest BCUT2D eigenvalue weighted by Crippen LogP contribution is -2.46. The van der Waals surface area contributed by atoms with Crippen molar-refractivity contribution in [1.29, 1.82) is 0 Å². The van der Waals surface area contributed by atoms with Crippen LogP contribution in [0.3, 0.4) is 0 Å². The second kappa shape index (κ2) is 8.28. The van der Waals surface area contributed by atoms with E-state index in [1.807, 2.05) is 19.1 Å². The zero-order valence-electron chi connectivity index (χ0n) is 16.3. The summed E-state index contributed by atoms with van der Waals surface area (Å²) in [4.78, 5) is 28.1. The van der Waals surface area contributed by atoms with Gasteiger partial charge in [-0.2, -0.15) is 0 Å². The van der Waals surface area contributed by atoms with Crippen LogP contribution in [0.1, 0.15) is 27.9 Å². The molecular weight excluding hydrogens is 374 g/mol. The predicted octanol–water partition coefficient (Wildman–Crippen LogP) is 2.71. The molecule has 148 valence electrons. The van der Waals surface area contributed by atoms with Crippen molar-refractivity contribution in [3.8, 4) is 0 Å². The molecule has 3 aromatic heterocycles. The normalized spacial score (nSPS) is 15.3. The fourth-order valence-corrected chi connectivity index (χ4v) is 4.68. The molecule has 1 saturated heterocycles. The molecule has 0 atom stereocenters. The van der Waals surface area contributed by atoms with E-state index in [1.54, 1.807) is 12.6 Å². The van der Waals surface area contributed by atoms with Crippen LogP contribution in [-0.4, -0.2) is 60.0 Å². The molecule has 0 aliphatic carbocycles. The van der Waals surface area contributed by atoms with Crippen LogP contribution in [0.15, 0.2) is 29.1 Å². The number of amides is 1. The van der Waals surface area contributed by atoms with Gasteiger partial charge in [0, 0.05) is 39.1 Å². The molecule has 1 aliphatic rings. The monoisotopic (exact) mass is 399 g/mol. The average molecular weight is 400 g/mol. The van der Waals surface area contributed by atoms with Crippen LogP contribution in [0.25, 0.3) is 10.2 Å². The number of hydrogen-bond donors (Lipinski definition) is 1. The third kappa shape index (κ3) is 3.74. The lowest BCUT2D eigenvalue weighted by molar-refractivity contribution is 0.0957. The SMILES string of the molecule is CCN1CCN(c2ncnc3sc(C(=O)NCCc4ccco4)c(C)c23)CC1. The van der Waals surface area contributed by atoms with Gasteiger partial charge in [-0.1, -0.05) is 6.92 Å². The molecule has 3 aromatic rings. The highest BCUT2D eigenvalue weighted by Crippen LogP contribution is 2.35. The molecule has 0 unspecified atom stereocenters. The van der Waals surface area contributed by atoms with E-state index in [1.165, 1.54) is 11.3 Å². The molecule has 0 aromatic carbocycles. The maximum Gasteiger partial charge on any atom is 0.261 e. The molecule has 1 aliphatic heterocycles. The van der Waals surface area contributed by atoms with E-state index in [0.29, 0.717) is 17.8 Å². The summed E-state index contributed by atoms with van der Waals surface area (Å²) in [6.07, 6.45) is 3.93. The Bertz CT molecular complexity index is 945. The third-order valence-corrected chi connectivity index (χ3v) is 6.47. The highest BCUT2D eigenvalue weighted by molar-refractivity contribution is 7.20. The number of aryl methyl sites for hydroxylation is 1. The van der Waals surface area contributed by atoms with Crippen molar-refractivity contribution in [2.45, 2.75) is 20.3 Å². The minimum atomic E-state index is -0.0613. The highest BCUT2D eigenvalue weighted by atomic mass is 32.1. The first-order valence-corrected chi connectivity index (χ1v) is 10.5.